The van der Waals surface area contributed by atoms with Crippen molar-refractivity contribution in [3.05, 3.63) is 41.6 Å². The Labute approximate surface area is 90.6 Å². The number of nitrogens with zero attached hydrogens (tertiary/aromatic N) is 1. The molecule has 0 atom stereocenters. The first-order chi connectivity index (χ1) is 7.45. The topological polar surface area (TPSA) is 15.3 Å². The van der Waals surface area contributed by atoms with Crippen LogP contribution in [0.3, 0.4) is 0 Å². The van der Waals surface area contributed by atoms with Crippen LogP contribution in [0.1, 0.15) is 25.7 Å². The SMILES string of the molecule is c1ccc(N2NCC3=C2CCCC3)cc1. The summed E-state index contributed by atoms with van der Waals surface area (Å²) < 4.78 is 0. The monoisotopic (exact) mass is 200 g/mol. The molecule has 78 valence electrons. The summed E-state index contributed by atoms with van der Waals surface area (Å²) in [7, 11) is 0. The predicted molar refractivity (Wildman–Crippen MR) is 62.4 cm³/mol. The molecule has 2 nitrogen and oxygen atoms in total. The van der Waals surface area contributed by atoms with Crippen LogP contribution < -0.4 is 10.4 Å². The molecule has 1 aromatic rings. The van der Waals surface area contributed by atoms with Gasteiger partial charge < -0.3 is 0 Å². The van der Waals surface area contributed by atoms with Crippen LogP contribution in [-0.4, -0.2) is 6.54 Å². The lowest BCUT2D eigenvalue weighted by Crippen LogP contribution is -2.31. The van der Waals surface area contributed by atoms with Gasteiger partial charge in [0.05, 0.1) is 5.69 Å². The second-order valence-electron chi connectivity index (χ2n) is 4.26. The minimum atomic E-state index is 1.05. The molecular formula is C13H16N2. The van der Waals surface area contributed by atoms with Crippen molar-refractivity contribution in [3.8, 4) is 0 Å². The van der Waals surface area contributed by atoms with Gasteiger partial charge in [-0.2, -0.15) is 0 Å². The summed E-state index contributed by atoms with van der Waals surface area (Å²) in [5, 5.41) is 2.27. The molecule has 0 aromatic heterocycles. The standard InChI is InChI=1S/C13H16N2/c1-2-7-12(8-3-1)15-13-9-5-4-6-11(13)10-14-15/h1-3,7-8,14H,4-6,9-10H2. The molecule has 1 aliphatic heterocycles. The van der Waals surface area contributed by atoms with E-state index in [4.69, 9.17) is 0 Å². The summed E-state index contributed by atoms with van der Waals surface area (Å²) in [6, 6.07) is 10.6. The van der Waals surface area contributed by atoms with Gasteiger partial charge in [0.25, 0.3) is 0 Å². The zero-order chi connectivity index (χ0) is 10.1. The molecule has 0 amide bonds. The summed E-state index contributed by atoms with van der Waals surface area (Å²) in [5.41, 5.74) is 7.88. The quantitative estimate of drug-likeness (QED) is 0.750. The van der Waals surface area contributed by atoms with Crippen LogP contribution in [0.25, 0.3) is 0 Å². The van der Waals surface area contributed by atoms with Crippen molar-refractivity contribution in [1.29, 1.82) is 0 Å². The molecule has 0 bridgehead atoms. The van der Waals surface area contributed by atoms with Crippen LogP contribution >= 0.6 is 0 Å². The van der Waals surface area contributed by atoms with E-state index in [0.717, 1.165) is 6.54 Å². The molecule has 0 radical (unpaired) electrons. The highest BCUT2D eigenvalue weighted by Crippen LogP contribution is 2.32. The smallest absolute Gasteiger partial charge is 0.0574 e. The number of hydrogen-bond donors (Lipinski definition) is 1. The van der Waals surface area contributed by atoms with E-state index < -0.39 is 0 Å². The molecule has 15 heavy (non-hydrogen) atoms. The van der Waals surface area contributed by atoms with Crippen molar-refractivity contribution in [1.82, 2.24) is 5.43 Å². The number of anilines is 1. The van der Waals surface area contributed by atoms with Gasteiger partial charge in [-0.15, -0.1) is 0 Å². The maximum Gasteiger partial charge on any atom is 0.0574 e. The normalized spacial score (nSPS) is 20.7. The summed E-state index contributed by atoms with van der Waals surface area (Å²) in [5.74, 6) is 0. The van der Waals surface area contributed by atoms with Gasteiger partial charge in [0.1, 0.15) is 0 Å². The van der Waals surface area contributed by atoms with Gasteiger partial charge in [-0.1, -0.05) is 18.2 Å². The van der Waals surface area contributed by atoms with Crippen LogP contribution in [0.2, 0.25) is 0 Å². The van der Waals surface area contributed by atoms with Gasteiger partial charge in [0.2, 0.25) is 0 Å². The number of hydrazine groups is 1. The molecule has 1 aliphatic carbocycles. The van der Waals surface area contributed by atoms with Gasteiger partial charge in [-0.25, -0.2) is 5.43 Å². The Hall–Kier alpha value is -1.28. The fourth-order valence-electron chi connectivity index (χ4n) is 2.51. The maximum absolute atomic E-state index is 3.47. The van der Waals surface area contributed by atoms with E-state index in [2.05, 4.69) is 40.8 Å². The Balaban J connectivity index is 1.93. The molecule has 2 heteroatoms. The zero-order valence-electron chi connectivity index (χ0n) is 8.87. The van der Waals surface area contributed by atoms with E-state index in [1.165, 1.54) is 37.1 Å². The number of nitrogens with one attached hydrogen (secondary N) is 1. The highest BCUT2D eigenvalue weighted by atomic mass is 15.5. The van der Waals surface area contributed by atoms with Gasteiger partial charge in [0.15, 0.2) is 0 Å². The first-order valence-electron chi connectivity index (χ1n) is 5.75. The summed E-state index contributed by atoms with van der Waals surface area (Å²) >= 11 is 0. The Bertz CT molecular complexity index is 381. The fraction of sp³-hybridized carbons (Fsp3) is 0.385. The number of para-hydroxylation sites is 1. The van der Waals surface area contributed by atoms with E-state index in [1.807, 2.05) is 0 Å². The third-order valence-corrected chi connectivity index (χ3v) is 3.29. The van der Waals surface area contributed by atoms with Crippen LogP contribution in [0.4, 0.5) is 5.69 Å². The first-order valence-corrected chi connectivity index (χ1v) is 5.75. The van der Waals surface area contributed by atoms with E-state index in [1.54, 1.807) is 5.57 Å². The van der Waals surface area contributed by atoms with E-state index >= 15 is 0 Å². The summed E-state index contributed by atoms with van der Waals surface area (Å²) in [6.07, 6.45) is 5.22. The summed E-state index contributed by atoms with van der Waals surface area (Å²) in [6.45, 7) is 1.05. The van der Waals surface area contributed by atoms with Crippen molar-refractivity contribution in [2.75, 3.05) is 11.6 Å². The van der Waals surface area contributed by atoms with E-state index in [0.29, 0.717) is 0 Å². The average Bonchev–Trinajstić information content (AvgIpc) is 2.74. The molecule has 0 unspecified atom stereocenters. The third-order valence-electron chi connectivity index (χ3n) is 3.29. The molecule has 3 rings (SSSR count). The van der Waals surface area contributed by atoms with E-state index in [9.17, 15) is 0 Å². The first kappa shape index (κ1) is 8.98. The number of benzene rings is 1. The minimum Gasteiger partial charge on any atom is -0.281 e. The maximum atomic E-state index is 3.47. The van der Waals surface area contributed by atoms with E-state index in [-0.39, 0.29) is 0 Å². The molecule has 1 N–H and O–H groups in total. The van der Waals surface area contributed by atoms with Crippen molar-refractivity contribution >= 4 is 5.69 Å². The predicted octanol–water partition coefficient (Wildman–Crippen LogP) is 2.84. The molecular weight excluding hydrogens is 184 g/mol. The largest absolute Gasteiger partial charge is 0.281 e. The molecule has 0 saturated carbocycles. The number of allylic oxidation sites excluding steroid dienone is 1. The fourth-order valence-corrected chi connectivity index (χ4v) is 2.51. The highest BCUT2D eigenvalue weighted by molar-refractivity contribution is 5.54. The van der Waals surface area contributed by atoms with Gasteiger partial charge in [0, 0.05) is 12.2 Å². The molecule has 0 saturated heterocycles. The third kappa shape index (κ3) is 1.55. The minimum absolute atomic E-state index is 1.05. The molecule has 0 fully saturated rings. The van der Waals surface area contributed by atoms with Crippen molar-refractivity contribution in [2.24, 2.45) is 0 Å². The van der Waals surface area contributed by atoms with Crippen LogP contribution in [-0.2, 0) is 0 Å². The van der Waals surface area contributed by atoms with Crippen molar-refractivity contribution < 1.29 is 0 Å². The molecule has 2 aliphatic rings. The number of hydrogen-bond acceptors (Lipinski definition) is 2. The average molecular weight is 200 g/mol. The van der Waals surface area contributed by atoms with Gasteiger partial charge >= 0.3 is 0 Å². The second-order valence-corrected chi connectivity index (χ2v) is 4.26. The zero-order valence-corrected chi connectivity index (χ0v) is 8.87. The molecule has 1 heterocycles. The lowest BCUT2D eigenvalue weighted by atomic mass is 9.97. The van der Waals surface area contributed by atoms with Crippen molar-refractivity contribution in [3.63, 3.8) is 0 Å². The van der Waals surface area contributed by atoms with Crippen LogP contribution in [0.15, 0.2) is 41.6 Å². The highest BCUT2D eigenvalue weighted by Gasteiger charge is 2.24. The molecule has 1 aromatic carbocycles. The second kappa shape index (κ2) is 3.70. The Kier molecular flexibility index (Phi) is 2.22. The Morgan fingerprint density at radius 3 is 2.67 bits per heavy atom. The van der Waals surface area contributed by atoms with Crippen molar-refractivity contribution in [2.45, 2.75) is 25.7 Å². The number of rotatable bonds is 1. The lowest BCUT2D eigenvalue weighted by molar-refractivity contribution is 0.673. The lowest BCUT2D eigenvalue weighted by Gasteiger charge is -2.24. The summed E-state index contributed by atoms with van der Waals surface area (Å²) in [4.78, 5) is 0. The van der Waals surface area contributed by atoms with Gasteiger partial charge in [-0.05, 0) is 43.4 Å². The van der Waals surface area contributed by atoms with Crippen LogP contribution in [0.5, 0.6) is 0 Å². The van der Waals surface area contributed by atoms with Crippen LogP contribution in [0, 0.1) is 0 Å². The Morgan fingerprint density at radius 2 is 1.80 bits per heavy atom. The molecule has 0 spiro atoms. The van der Waals surface area contributed by atoms with Gasteiger partial charge in [-0.3, -0.25) is 5.01 Å². The Morgan fingerprint density at radius 1 is 1.00 bits per heavy atom.